The fraction of sp³-hybridized carbons (Fsp3) is 0.909. The van der Waals surface area contributed by atoms with E-state index in [-0.39, 0.29) is 17.5 Å². The molecule has 0 aromatic rings. The smallest absolute Gasteiger partial charge is 0.311 e. The lowest BCUT2D eigenvalue weighted by Gasteiger charge is -2.24. The highest BCUT2D eigenvalue weighted by Crippen LogP contribution is 2.22. The van der Waals surface area contributed by atoms with Crippen LogP contribution in [0.1, 0.15) is 40.5 Å². The standard InChI is InChI=1S/C11H21NO2/c1-5-9-8(6-7-12-9)10(13)14-11(2,3)4/h8-9,12H,5-7H2,1-4H3. The maximum Gasteiger partial charge on any atom is 0.311 e. The molecule has 1 fully saturated rings. The van der Waals surface area contributed by atoms with Crippen molar-refractivity contribution in [3.63, 3.8) is 0 Å². The number of carbonyl (C=O) groups is 1. The van der Waals surface area contributed by atoms with Crippen LogP contribution in [0.15, 0.2) is 0 Å². The van der Waals surface area contributed by atoms with E-state index in [0.717, 1.165) is 19.4 Å². The normalized spacial score (nSPS) is 27.7. The molecule has 1 heterocycles. The minimum atomic E-state index is -0.363. The van der Waals surface area contributed by atoms with Crippen LogP contribution in [-0.4, -0.2) is 24.2 Å². The van der Waals surface area contributed by atoms with E-state index >= 15 is 0 Å². The van der Waals surface area contributed by atoms with E-state index in [1.807, 2.05) is 20.8 Å². The van der Waals surface area contributed by atoms with Crippen LogP contribution in [0.25, 0.3) is 0 Å². The lowest BCUT2D eigenvalue weighted by atomic mass is 9.98. The molecule has 1 saturated heterocycles. The van der Waals surface area contributed by atoms with Crippen LogP contribution in [0.5, 0.6) is 0 Å². The van der Waals surface area contributed by atoms with Gasteiger partial charge in [-0.3, -0.25) is 4.79 Å². The van der Waals surface area contributed by atoms with Gasteiger partial charge in [-0.25, -0.2) is 0 Å². The van der Waals surface area contributed by atoms with Crippen LogP contribution in [0.4, 0.5) is 0 Å². The van der Waals surface area contributed by atoms with Crippen molar-refractivity contribution in [1.82, 2.24) is 5.32 Å². The zero-order valence-corrected chi connectivity index (χ0v) is 9.59. The highest BCUT2D eigenvalue weighted by Gasteiger charge is 2.34. The van der Waals surface area contributed by atoms with Gasteiger partial charge < -0.3 is 10.1 Å². The Balaban J connectivity index is 2.52. The molecule has 0 aromatic heterocycles. The van der Waals surface area contributed by atoms with Crippen LogP contribution >= 0.6 is 0 Å². The Morgan fingerprint density at radius 2 is 2.14 bits per heavy atom. The van der Waals surface area contributed by atoms with Gasteiger partial charge in [-0.1, -0.05) is 6.92 Å². The summed E-state index contributed by atoms with van der Waals surface area (Å²) in [5.41, 5.74) is -0.363. The van der Waals surface area contributed by atoms with Crippen LogP contribution in [0, 0.1) is 5.92 Å². The molecule has 14 heavy (non-hydrogen) atoms. The molecule has 82 valence electrons. The number of rotatable bonds is 2. The molecule has 0 aliphatic carbocycles. The number of hydrogen-bond donors (Lipinski definition) is 1. The van der Waals surface area contributed by atoms with Crippen molar-refractivity contribution in [2.75, 3.05) is 6.54 Å². The first kappa shape index (κ1) is 11.5. The van der Waals surface area contributed by atoms with Gasteiger partial charge in [0.25, 0.3) is 0 Å². The third-order valence-electron chi connectivity index (χ3n) is 2.50. The van der Waals surface area contributed by atoms with Gasteiger partial charge in [0.1, 0.15) is 5.60 Å². The molecule has 0 spiro atoms. The van der Waals surface area contributed by atoms with E-state index in [0.29, 0.717) is 6.04 Å². The number of nitrogens with one attached hydrogen (secondary N) is 1. The summed E-state index contributed by atoms with van der Waals surface area (Å²) in [5.74, 6) is 0.00794. The molecule has 1 aliphatic heterocycles. The van der Waals surface area contributed by atoms with E-state index in [1.54, 1.807) is 0 Å². The van der Waals surface area contributed by atoms with Crippen LogP contribution in [0.2, 0.25) is 0 Å². The van der Waals surface area contributed by atoms with Crippen molar-refractivity contribution in [2.45, 2.75) is 52.2 Å². The molecule has 0 saturated carbocycles. The maximum absolute atomic E-state index is 11.8. The predicted octanol–water partition coefficient (Wildman–Crippen LogP) is 1.72. The van der Waals surface area contributed by atoms with E-state index in [1.165, 1.54) is 0 Å². The average Bonchev–Trinajstić information content (AvgIpc) is 2.47. The summed E-state index contributed by atoms with van der Waals surface area (Å²) in [4.78, 5) is 11.8. The summed E-state index contributed by atoms with van der Waals surface area (Å²) in [6, 6.07) is 0.310. The highest BCUT2D eigenvalue weighted by atomic mass is 16.6. The molecule has 0 bridgehead atoms. The molecule has 0 amide bonds. The Morgan fingerprint density at radius 3 is 2.64 bits per heavy atom. The number of ether oxygens (including phenoxy) is 1. The van der Waals surface area contributed by atoms with Crippen LogP contribution in [0.3, 0.4) is 0 Å². The second kappa shape index (κ2) is 4.30. The Morgan fingerprint density at radius 1 is 1.50 bits per heavy atom. The number of esters is 1. The van der Waals surface area contributed by atoms with E-state index in [2.05, 4.69) is 12.2 Å². The van der Waals surface area contributed by atoms with Gasteiger partial charge in [0.2, 0.25) is 0 Å². The monoisotopic (exact) mass is 199 g/mol. The molecule has 3 nitrogen and oxygen atoms in total. The van der Waals surface area contributed by atoms with Crippen molar-refractivity contribution < 1.29 is 9.53 Å². The molecule has 2 unspecified atom stereocenters. The van der Waals surface area contributed by atoms with Gasteiger partial charge in [0, 0.05) is 6.04 Å². The largest absolute Gasteiger partial charge is 0.460 e. The first-order chi connectivity index (χ1) is 6.44. The molecule has 0 radical (unpaired) electrons. The Hall–Kier alpha value is -0.570. The van der Waals surface area contributed by atoms with Crippen LogP contribution < -0.4 is 5.32 Å². The zero-order chi connectivity index (χ0) is 10.8. The first-order valence-corrected chi connectivity index (χ1v) is 5.40. The van der Waals surface area contributed by atoms with Gasteiger partial charge >= 0.3 is 5.97 Å². The second-order valence-electron chi connectivity index (χ2n) is 4.90. The fourth-order valence-corrected chi connectivity index (χ4v) is 1.86. The molecular formula is C11H21NO2. The molecule has 2 atom stereocenters. The van der Waals surface area contributed by atoms with E-state index in [9.17, 15) is 4.79 Å². The Bertz CT molecular complexity index is 208. The summed E-state index contributed by atoms with van der Waals surface area (Å²) in [7, 11) is 0. The van der Waals surface area contributed by atoms with Gasteiger partial charge in [-0.2, -0.15) is 0 Å². The Kier molecular flexibility index (Phi) is 3.53. The Labute approximate surface area is 86.2 Å². The van der Waals surface area contributed by atoms with Gasteiger partial charge in [0.05, 0.1) is 5.92 Å². The third-order valence-corrected chi connectivity index (χ3v) is 2.50. The lowest BCUT2D eigenvalue weighted by molar-refractivity contribution is -0.160. The van der Waals surface area contributed by atoms with Crippen molar-refractivity contribution in [3.05, 3.63) is 0 Å². The summed E-state index contributed by atoms with van der Waals surface area (Å²) < 4.78 is 5.37. The van der Waals surface area contributed by atoms with E-state index in [4.69, 9.17) is 4.74 Å². The lowest BCUT2D eigenvalue weighted by Crippen LogP contribution is -2.35. The quantitative estimate of drug-likeness (QED) is 0.688. The fourth-order valence-electron chi connectivity index (χ4n) is 1.86. The zero-order valence-electron chi connectivity index (χ0n) is 9.59. The van der Waals surface area contributed by atoms with Crippen molar-refractivity contribution in [3.8, 4) is 0 Å². The minimum Gasteiger partial charge on any atom is -0.460 e. The third kappa shape index (κ3) is 2.98. The molecule has 1 aliphatic rings. The maximum atomic E-state index is 11.8. The van der Waals surface area contributed by atoms with Gasteiger partial charge in [-0.15, -0.1) is 0 Å². The summed E-state index contributed by atoms with van der Waals surface area (Å²) >= 11 is 0. The average molecular weight is 199 g/mol. The number of carbonyl (C=O) groups excluding carboxylic acids is 1. The summed E-state index contributed by atoms with van der Waals surface area (Å²) in [6.45, 7) is 8.76. The van der Waals surface area contributed by atoms with Gasteiger partial charge in [-0.05, 0) is 40.2 Å². The second-order valence-corrected chi connectivity index (χ2v) is 4.90. The molecule has 3 heteroatoms. The summed E-state index contributed by atoms with van der Waals surface area (Å²) in [5, 5.41) is 3.32. The van der Waals surface area contributed by atoms with Crippen molar-refractivity contribution >= 4 is 5.97 Å². The molecule has 0 aromatic carbocycles. The van der Waals surface area contributed by atoms with Crippen LogP contribution in [-0.2, 0) is 9.53 Å². The molecule has 1 rings (SSSR count). The highest BCUT2D eigenvalue weighted by molar-refractivity contribution is 5.74. The van der Waals surface area contributed by atoms with Crippen molar-refractivity contribution in [1.29, 1.82) is 0 Å². The summed E-state index contributed by atoms with van der Waals surface area (Å²) in [6.07, 6.45) is 1.90. The molecule has 1 N–H and O–H groups in total. The predicted molar refractivity (Wildman–Crippen MR) is 56.0 cm³/mol. The first-order valence-electron chi connectivity index (χ1n) is 5.40. The minimum absolute atomic E-state index is 0.0469. The van der Waals surface area contributed by atoms with Gasteiger partial charge in [0.15, 0.2) is 0 Å². The van der Waals surface area contributed by atoms with Crippen molar-refractivity contribution in [2.24, 2.45) is 5.92 Å². The number of hydrogen-bond acceptors (Lipinski definition) is 3. The SMILES string of the molecule is CCC1NCCC1C(=O)OC(C)(C)C. The van der Waals surface area contributed by atoms with E-state index < -0.39 is 0 Å². The molecular weight excluding hydrogens is 178 g/mol. The topological polar surface area (TPSA) is 38.3 Å².